The van der Waals surface area contributed by atoms with Gasteiger partial charge >= 0.3 is 0 Å². The number of hydrogen-bond acceptors (Lipinski definition) is 4. The topological polar surface area (TPSA) is 61.9 Å². The van der Waals surface area contributed by atoms with Gasteiger partial charge in [0.2, 0.25) is 11.8 Å². The maximum atomic E-state index is 12.8. The molecule has 0 aliphatic carbocycles. The third-order valence-corrected chi connectivity index (χ3v) is 6.30. The van der Waals surface area contributed by atoms with Gasteiger partial charge in [-0.2, -0.15) is 0 Å². The van der Waals surface area contributed by atoms with Gasteiger partial charge in [0, 0.05) is 45.2 Å². The number of rotatable bonds is 7. The van der Waals surface area contributed by atoms with E-state index in [-0.39, 0.29) is 23.8 Å². The number of amides is 2. The van der Waals surface area contributed by atoms with Gasteiger partial charge in [-0.3, -0.25) is 14.5 Å². The van der Waals surface area contributed by atoms with Crippen LogP contribution in [0.25, 0.3) is 0 Å². The molecule has 0 radical (unpaired) electrons. The molecule has 0 saturated carbocycles. The number of carbonyl (C=O) groups is 2. The van der Waals surface area contributed by atoms with Crippen LogP contribution in [-0.2, 0) is 22.7 Å². The van der Waals surface area contributed by atoms with Crippen molar-refractivity contribution in [2.45, 2.75) is 38.4 Å². The molecule has 31 heavy (non-hydrogen) atoms. The fourth-order valence-electron chi connectivity index (χ4n) is 4.45. The summed E-state index contributed by atoms with van der Waals surface area (Å²) in [4.78, 5) is 29.5. The molecule has 1 atom stereocenters. The molecule has 6 heteroatoms. The molecule has 2 heterocycles. The minimum atomic E-state index is -0.256. The van der Waals surface area contributed by atoms with Gasteiger partial charge in [0.15, 0.2) is 0 Å². The lowest BCUT2D eigenvalue weighted by atomic mass is 10.0. The van der Waals surface area contributed by atoms with Crippen LogP contribution in [0.3, 0.4) is 0 Å². The molecule has 4 rings (SSSR count). The molecule has 164 valence electrons. The van der Waals surface area contributed by atoms with E-state index in [9.17, 15) is 9.59 Å². The predicted molar refractivity (Wildman–Crippen MR) is 119 cm³/mol. The van der Waals surface area contributed by atoms with E-state index in [1.807, 2.05) is 30.3 Å². The molecule has 2 aromatic carbocycles. The number of hydrogen-bond donors (Lipinski definition) is 1. The molecule has 2 saturated heterocycles. The molecule has 2 aromatic rings. The Labute approximate surface area is 184 Å². The zero-order valence-corrected chi connectivity index (χ0v) is 18.1. The van der Waals surface area contributed by atoms with Crippen molar-refractivity contribution >= 4 is 11.8 Å². The molecule has 0 bridgehead atoms. The van der Waals surface area contributed by atoms with E-state index in [1.165, 1.54) is 5.56 Å². The van der Waals surface area contributed by atoms with Gasteiger partial charge in [0.05, 0.1) is 13.0 Å². The molecule has 2 aliphatic heterocycles. The van der Waals surface area contributed by atoms with Gasteiger partial charge < -0.3 is 15.0 Å². The highest BCUT2D eigenvalue weighted by Crippen LogP contribution is 2.22. The molecule has 2 aliphatic rings. The van der Waals surface area contributed by atoms with Crippen molar-refractivity contribution in [3.8, 4) is 5.75 Å². The largest absolute Gasteiger partial charge is 0.497 e. The summed E-state index contributed by atoms with van der Waals surface area (Å²) < 4.78 is 5.18. The number of piperidine rings is 1. The van der Waals surface area contributed by atoms with Crippen molar-refractivity contribution in [2.75, 3.05) is 26.7 Å². The summed E-state index contributed by atoms with van der Waals surface area (Å²) in [5.74, 6) is 0.609. The fourth-order valence-corrected chi connectivity index (χ4v) is 4.45. The average Bonchev–Trinajstić information content (AvgIpc) is 3.17. The van der Waals surface area contributed by atoms with Crippen molar-refractivity contribution in [3.05, 3.63) is 65.7 Å². The highest BCUT2D eigenvalue weighted by Gasteiger charge is 2.35. The fraction of sp³-hybridized carbons (Fsp3) is 0.440. The van der Waals surface area contributed by atoms with E-state index in [0.29, 0.717) is 19.5 Å². The molecule has 2 amide bonds. The maximum Gasteiger partial charge on any atom is 0.225 e. The summed E-state index contributed by atoms with van der Waals surface area (Å²) in [6.45, 7) is 3.94. The first-order valence-electron chi connectivity index (χ1n) is 11.1. The van der Waals surface area contributed by atoms with Gasteiger partial charge in [-0.15, -0.1) is 0 Å². The Hall–Kier alpha value is -2.86. The van der Waals surface area contributed by atoms with Crippen LogP contribution in [0.4, 0.5) is 0 Å². The van der Waals surface area contributed by atoms with Gasteiger partial charge in [-0.1, -0.05) is 42.5 Å². The number of likely N-dealkylation sites (tertiary alicyclic amines) is 2. The summed E-state index contributed by atoms with van der Waals surface area (Å²) in [5, 5.41) is 3.20. The van der Waals surface area contributed by atoms with Gasteiger partial charge in [0.1, 0.15) is 5.75 Å². The van der Waals surface area contributed by atoms with Crippen molar-refractivity contribution in [1.82, 2.24) is 15.1 Å². The Morgan fingerprint density at radius 2 is 1.68 bits per heavy atom. The highest BCUT2D eigenvalue weighted by molar-refractivity contribution is 5.89. The van der Waals surface area contributed by atoms with Crippen LogP contribution in [0.15, 0.2) is 54.6 Å². The van der Waals surface area contributed by atoms with Crippen LogP contribution >= 0.6 is 0 Å². The number of methoxy groups -OCH3 is 1. The lowest BCUT2D eigenvalue weighted by molar-refractivity contribution is -0.129. The molecule has 1 N–H and O–H groups in total. The quantitative estimate of drug-likeness (QED) is 0.747. The molecular formula is C25H31N3O3. The van der Waals surface area contributed by atoms with Crippen LogP contribution in [0, 0.1) is 5.92 Å². The van der Waals surface area contributed by atoms with Gasteiger partial charge in [-0.05, 0) is 36.1 Å². The zero-order chi connectivity index (χ0) is 21.6. The molecule has 0 spiro atoms. The van der Waals surface area contributed by atoms with E-state index in [2.05, 4.69) is 34.5 Å². The third-order valence-electron chi connectivity index (χ3n) is 6.30. The number of ether oxygens (including phenoxy) is 1. The van der Waals surface area contributed by atoms with E-state index in [4.69, 9.17) is 4.74 Å². The SMILES string of the molecule is COc1ccc(CN2C[C@H](C(=O)NC3CCN(Cc4ccccc4)CC3)CC2=O)cc1. The lowest BCUT2D eigenvalue weighted by Crippen LogP contribution is -2.46. The van der Waals surface area contributed by atoms with Crippen LogP contribution in [0.5, 0.6) is 5.75 Å². The second-order valence-corrected chi connectivity index (χ2v) is 8.57. The molecule has 2 fully saturated rings. The smallest absolute Gasteiger partial charge is 0.225 e. The number of benzene rings is 2. The Balaban J connectivity index is 1.22. The first-order chi connectivity index (χ1) is 15.1. The number of nitrogens with one attached hydrogen (secondary N) is 1. The average molecular weight is 422 g/mol. The minimum absolute atomic E-state index is 0.0205. The van der Waals surface area contributed by atoms with Crippen molar-refractivity contribution < 1.29 is 14.3 Å². The molecule has 0 unspecified atom stereocenters. The van der Waals surface area contributed by atoms with Crippen LogP contribution in [0.1, 0.15) is 30.4 Å². The Bertz CT molecular complexity index is 877. The minimum Gasteiger partial charge on any atom is -0.497 e. The first kappa shape index (κ1) is 21.4. The molecular weight excluding hydrogens is 390 g/mol. The number of nitrogens with zero attached hydrogens (tertiary/aromatic N) is 2. The highest BCUT2D eigenvalue weighted by atomic mass is 16.5. The second-order valence-electron chi connectivity index (χ2n) is 8.57. The van der Waals surface area contributed by atoms with Crippen LogP contribution in [-0.4, -0.2) is 54.4 Å². The van der Waals surface area contributed by atoms with Crippen molar-refractivity contribution in [1.29, 1.82) is 0 Å². The Kier molecular flexibility index (Phi) is 6.87. The Morgan fingerprint density at radius 1 is 1.00 bits per heavy atom. The summed E-state index contributed by atoms with van der Waals surface area (Å²) in [7, 11) is 1.63. The van der Waals surface area contributed by atoms with E-state index >= 15 is 0 Å². The maximum absolute atomic E-state index is 12.8. The molecule has 0 aromatic heterocycles. The van der Waals surface area contributed by atoms with E-state index < -0.39 is 0 Å². The summed E-state index contributed by atoms with van der Waals surface area (Å²) >= 11 is 0. The Morgan fingerprint density at radius 3 is 2.35 bits per heavy atom. The van der Waals surface area contributed by atoms with E-state index in [0.717, 1.165) is 43.8 Å². The summed E-state index contributed by atoms with van der Waals surface area (Å²) in [5.41, 5.74) is 2.37. The summed E-state index contributed by atoms with van der Waals surface area (Å²) in [6, 6.07) is 18.4. The standard InChI is InChI=1S/C25H31N3O3/c1-31-23-9-7-20(8-10-23)17-28-18-21(15-24(28)29)25(30)26-22-11-13-27(14-12-22)16-19-5-3-2-4-6-19/h2-10,21-22H,11-18H2,1H3,(H,26,30)/t21-/m1/s1. The first-order valence-corrected chi connectivity index (χ1v) is 11.1. The van der Waals surface area contributed by atoms with Crippen LogP contribution < -0.4 is 10.1 Å². The lowest BCUT2D eigenvalue weighted by Gasteiger charge is -2.32. The van der Waals surface area contributed by atoms with Gasteiger partial charge in [0.25, 0.3) is 0 Å². The summed E-state index contributed by atoms with van der Waals surface area (Å²) in [6.07, 6.45) is 2.21. The van der Waals surface area contributed by atoms with Crippen molar-refractivity contribution in [3.63, 3.8) is 0 Å². The molecule has 6 nitrogen and oxygen atoms in total. The second kappa shape index (κ2) is 9.96. The normalized spacial score (nSPS) is 20.1. The predicted octanol–water partition coefficient (Wildman–Crippen LogP) is 2.82. The van der Waals surface area contributed by atoms with E-state index in [1.54, 1.807) is 12.0 Å². The number of carbonyl (C=O) groups excluding carboxylic acids is 2. The van der Waals surface area contributed by atoms with Gasteiger partial charge in [-0.25, -0.2) is 0 Å². The third kappa shape index (κ3) is 5.64. The van der Waals surface area contributed by atoms with Crippen molar-refractivity contribution in [2.24, 2.45) is 5.92 Å². The zero-order valence-electron chi connectivity index (χ0n) is 18.1. The monoisotopic (exact) mass is 421 g/mol. The van der Waals surface area contributed by atoms with Crippen LogP contribution in [0.2, 0.25) is 0 Å².